The van der Waals surface area contributed by atoms with Crippen LogP contribution in [0.2, 0.25) is 0 Å². The minimum absolute atomic E-state index is 0.0879. The number of ether oxygens (including phenoxy) is 1. The summed E-state index contributed by atoms with van der Waals surface area (Å²) in [6.45, 7) is 3.67. The molecule has 0 saturated carbocycles. The summed E-state index contributed by atoms with van der Waals surface area (Å²) in [4.78, 5) is 29.9. The summed E-state index contributed by atoms with van der Waals surface area (Å²) in [5, 5.41) is 2.88. The number of benzene rings is 1. The Bertz CT molecular complexity index is 753. The van der Waals surface area contributed by atoms with E-state index in [4.69, 9.17) is 4.74 Å². The van der Waals surface area contributed by atoms with E-state index in [0.29, 0.717) is 11.6 Å². The van der Waals surface area contributed by atoms with Crippen molar-refractivity contribution >= 4 is 23.3 Å². The Morgan fingerprint density at radius 2 is 2.00 bits per heavy atom. The van der Waals surface area contributed by atoms with Crippen LogP contribution in [0.1, 0.15) is 11.1 Å². The molecule has 6 heteroatoms. The summed E-state index contributed by atoms with van der Waals surface area (Å²) in [5.74, 6) is 0.328. The first-order chi connectivity index (χ1) is 11.1. The van der Waals surface area contributed by atoms with E-state index in [1.165, 1.54) is 4.90 Å². The Labute approximate surface area is 134 Å². The van der Waals surface area contributed by atoms with Crippen molar-refractivity contribution in [3.8, 4) is 5.75 Å². The Morgan fingerprint density at radius 1 is 1.26 bits per heavy atom. The minimum Gasteiger partial charge on any atom is -0.480 e. The highest BCUT2D eigenvalue weighted by Gasteiger charge is 2.28. The van der Waals surface area contributed by atoms with E-state index in [0.717, 1.165) is 16.8 Å². The minimum atomic E-state index is -0.284. The van der Waals surface area contributed by atoms with Gasteiger partial charge in [0.15, 0.2) is 18.2 Å². The van der Waals surface area contributed by atoms with Crippen molar-refractivity contribution in [2.75, 3.05) is 23.4 Å². The molecule has 1 aromatic heterocycles. The van der Waals surface area contributed by atoms with Crippen LogP contribution in [0.15, 0.2) is 36.5 Å². The van der Waals surface area contributed by atoms with Crippen LogP contribution in [0.3, 0.4) is 0 Å². The summed E-state index contributed by atoms with van der Waals surface area (Å²) in [7, 11) is 0. The van der Waals surface area contributed by atoms with E-state index in [1.807, 2.05) is 32.0 Å². The molecular formula is C17H17N3O3. The lowest BCUT2D eigenvalue weighted by Gasteiger charge is -2.27. The van der Waals surface area contributed by atoms with E-state index in [-0.39, 0.29) is 25.0 Å². The predicted molar refractivity (Wildman–Crippen MR) is 86.6 cm³/mol. The van der Waals surface area contributed by atoms with Gasteiger partial charge in [-0.2, -0.15) is 0 Å². The molecule has 2 amide bonds. The largest absolute Gasteiger partial charge is 0.480 e. The number of para-hydroxylation sites is 1. The number of carbonyl (C=O) groups is 2. The lowest BCUT2D eigenvalue weighted by molar-refractivity contribution is -0.123. The first-order valence-electron chi connectivity index (χ1n) is 7.30. The van der Waals surface area contributed by atoms with Crippen LogP contribution in [0, 0.1) is 13.8 Å². The number of pyridine rings is 1. The number of hydrogen-bond acceptors (Lipinski definition) is 4. The van der Waals surface area contributed by atoms with Gasteiger partial charge in [-0.25, -0.2) is 4.98 Å². The number of nitrogens with one attached hydrogen (secondary N) is 1. The zero-order chi connectivity index (χ0) is 16.4. The second-order valence-electron chi connectivity index (χ2n) is 5.41. The van der Waals surface area contributed by atoms with Gasteiger partial charge in [0.1, 0.15) is 6.54 Å². The number of fused-ring (bicyclic) bond motifs is 1. The molecule has 0 fully saturated rings. The summed E-state index contributed by atoms with van der Waals surface area (Å²) in [5.41, 5.74) is 2.73. The molecule has 0 aliphatic carbocycles. The van der Waals surface area contributed by atoms with Crippen LogP contribution < -0.4 is 15.0 Å². The Balaban J connectivity index is 1.79. The van der Waals surface area contributed by atoms with E-state index in [2.05, 4.69) is 10.3 Å². The van der Waals surface area contributed by atoms with Crippen molar-refractivity contribution in [1.29, 1.82) is 0 Å². The highest BCUT2D eigenvalue weighted by molar-refractivity contribution is 6.04. The van der Waals surface area contributed by atoms with Crippen molar-refractivity contribution in [3.63, 3.8) is 0 Å². The maximum absolute atomic E-state index is 12.4. The van der Waals surface area contributed by atoms with Gasteiger partial charge in [-0.3, -0.25) is 14.5 Å². The molecule has 2 aromatic rings. The molecule has 1 aliphatic heterocycles. The standard InChI is InChI=1S/C17H17N3O3/c1-11-5-3-6-12(2)16(11)19-14(21)9-20-15(22)10-23-13-7-4-8-18-17(13)20/h3-8H,9-10H2,1-2H3,(H,19,21). The number of carbonyl (C=O) groups excluding carboxylic acids is 2. The van der Waals surface area contributed by atoms with Crippen molar-refractivity contribution in [2.45, 2.75) is 13.8 Å². The van der Waals surface area contributed by atoms with Crippen molar-refractivity contribution in [1.82, 2.24) is 4.98 Å². The van der Waals surface area contributed by atoms with Gasteiger partial charge in [0, 0.05) is 11.9 Å². The topological polar surface area (TPSA) is 71.5 Å². The number of hydrogen-bond donors (Lipinski definition) is 1. The Kier molecular flexibility index (Phi) is 3.97. The fourth-order valence-corrected chi connectivity index (χ4v) is 2.53. The molecule has 1 aliphatic rings. The third-order valence-electron chi connectivity index (χ3n) is 3.71. The smallest absolute Gasteiger partial charge is 0.266 e. The van der Waals surface area contributed by atoms with Gasteiger partial charge in [0.05, 0.1) is 0 Å². The predicted octanol–water partition coefficient (Wildman–Crippen LogP) is 2.06. The average Bonchev–Trinajstić information content (AvgIpc) is 2.54. The van der Waals surface area contributed by atoms with Gasteiger partial charge in [-0.1, -0.05) is 18.2 Å². The summed E-state index contributed by atoms with van der Waals surface area (Å²) >= 11 is 0. The Morgan fingerprint density at radius 3 is 2.74 bits per heavy atom. The number of aryl methyl sites for hydroxylation is 2. The SMILES string of the molecule is Cc1cccc(C)c1NC(=O)CN1C(=O)COc2cccnc21. The van der Waals surface area contributed by atoms with Crippen molar-refractivity contribution in [2.24, 2.45) is 0 Å². The zero-order valence-electron chi connectivity index (χ0n) is 13.0. The van der Waals surface area contributed by atoms with E-state index < -0.39 is 0 Å². The third-order valence-corrected chi connectivity index (χ3v) is 3.71. The van der Waals surface area contributed by atoms with Gasteiger partial charge < -0.3 is 10.1 Å². The normalized spacial score (nSPS) is 13.3. The molecule has 0 saturated heterocycles. The van der Waals surface area contributed by atoms with Crippen LogP contribution in [0.25, 0.3) is 0 Å². The number of aromatic nitrogens is 1. The average molecular weight is 311 g/mol. The molecular weight excluding hydrogens is 294 g/mol. The molecule has 3 rings (SSSR count). The van der Waals surface area contributed by atoms with Crippen LogP contribution in [0.4, 0.5) is 11.5 Å². The summed E-state index contributed by atoms with van der Waals surface area (Å²) in [6.07, 6.45) is 1.57. The second kappa shape index (κ2) is 6.08. The molecule has 0 radical (unpaired) electrons. The Hall–Kier alpha value is -2.89. The van der Waals surface area contributed by atoms with Crippen LogP contribution in [-0.2, 0) is 9.59 Å². The lowest BCUT2D eigenvalue weighted by atomic mass is 10.1. The zero-order valence-corrected chi connectivity index (χ0v) is 13.0. The van der Waals surface area contributed by atoms with Gasteiger partial charge in [0.2, 0.25) is 5.91 Å². The quantitative estimate of drug-likeness (QED) is 0.942. The van der Waals surface area contributed by atoms with Crippen LogP contribution in [0.5, 0.6) is 5.75 Å². The van der Waals surface area contributed by atoms with Gasteiger partial charge in [-0.15, -0.1) is 0 Å². The van der Waals surface area contributed by atoms with E-state index in [9.17, 15) is 9.59 Å². The number of amides is 2. The monoisotopic (exact) mass is 311 g/mol. The molecule has 0 unspecified atom stereocenters. The van der Waals surface area contributed by atoms with Crippen LogP contribution >= 0.6 is 0 Å². The van der Waals surface area contributed by atoms with Crippen molar-refractivity contribution < 1.29 is 14.3 Å². The van der Waals surface area contributed by atoms with E-state index in [1.54, 1.807) is 18.3 Å². The highest BCUT2D eigenvalue weighted by atomic mass is 16.5. The molecule has 6 nitrogen and oxygen atoms in total. The van der Waals surface area contributed by atoms with Crippen molar-refractivity contribution in [3.05, 3.63) is 47.7 Å². The maximum atomic E-state index is 12.4. The number of anilines is 2. The van der Waals surface area contributed by atoms with E-state index >= 15 is 0 Å². The fourth-order valence-electron chi connectivity index (χ4n) is 2.53. The molecule has 0 atom stereocenters. The molecule has 118 valence electrons. The molecule has 1 aromatic carbocycles. The molecule has 1 N–H and O–H groups in total. The molecule has 23 heavy (non-hydrogen) atoms. The number of nitrogens with zero attached hydrogens (tertiary/aromatic N) is 2. The maximum Gasteiger partial charge on any atom is 0.266 e. The van der Waals surface area contributed by atoms with Gasteiger partial charge >= 0.3 is 0 Å². The number of rotatable bonds is 3. The van der Waals surface area contributed by atoms with Gasteiger partial charge in [0.25, 0.3) is 5.91 Å². The molecule has 2 heterocycles. The third kappa shape index (κ3) is 3.01. The highest BCUT2D eigenvalue weighted by Crippen LogP contribution is 2.29. The van der Waals surface area contributed by atoms with Crippen LogP contribution in [-0.4, -0.2) is 29.9 Å². The van der Waals surface area contributed by atoms with Gasteiger partial charge in [-0.05, 0) is 37.1 Å². The summed E-state index contributed by atoms with van der Waals surface area (Å²) < 4.78 is 5.32. The fraction of sp³-hybridized carbons (Fsp3) is 0.235. The molecule has 0 spiro atoms. The molecule has 0 bridgehead atoms. The lowest BCUT2D eigenvalue weighted by Crippen LogP contribution is -2.44. The second-order valence-corrected chi connectivity index (χ2v) is 5.41. The summed E-state index contributed by atoms with van der Waals surface area (Å²) in [6, 6.07) is 9.25. The first kappa shape index (κ1) is 15.0. The first-order valence-corrected chi connectivity index (χ1v) is 7.30.